The molecule has 0 fully saturated rings. The molecule has 0 aromatic heterocycles. The van der Waals surface area contributed by atoms with Crippen LogP contribution in [0, 0.1) is 0 Å². The predicted molar refractivity (Wildman–Crippen MR) is 102 cm³/mol. The molecule has 0 aliphatic heterocycles. The maximum absolute atomic E-state index is 12.5. The fourth-order valence-electron chi connectivity index (χ4n) is 2.30. The second kappa shape index (κ2) is 9.01. The fourth-order valence-corrected chi connectivity index (χ4v) is 3.59. The summed E-state index contributed by atoms with van der Waals surface area (Å²) in [7, 11) is 2.87. The van der Waals surface area contributed by atoms with E-state index in [1.807, 2.05) is 30.3 Å². The van der Waals surface area contributed by atoms with Crippen molar-refractivity contribution in [2.24, 2.45) is 0 Å². The van der Waals surface area contributed by atoms with Gasteiger partial charge in [-0.25, -0.2) is 4.79 Å². The van der Waals surface area contributed by atoms with Gasteiger partial charge in [-0.15, -0.1) is 0 Å². The van der Waals surface area contributed by atoms with Crippen LogP contribution >= 0.6 is 31.9 Å². The van der Waals surface area contributed by atoms with Crippen LogP contribution in [0.5, 0.6) is 5.75 Å². The number of esters is 1. The maximum Gasteiger partial charge on any atom is 0.328 e. The molecule has 0 unspecified atom stereocenters. The minimum Gasteiger partial charge on any atom is -0.497 e. The molecule has 25 heavy (non-hydrogen) atoms. The SMILES string of the molecule is COC(=O)[C@@H](Cc1cccc(OC)c1)NC(=O)c1cc(Br)cc(Br)c1. The van der Waals surface area contributed by atoms with Crippen LogP contribution in [-0.2, 0) is 16.0 Å². The summed E-state index contributed by atoms with van der Waals surface area (Å²) in [5.74, 6) is -0.186. The van der Waals surface area contributed by atoms with Crippen molar-refractivity contribution in [3.05, 3.63) is 62.5 Å². The van der Waals surface area contributed by atoms with Gasteiger partial charge in [-0.1, -0.05) is 44.0 Å². The molecule has 0 radical (unpaired) electrons. The highest BCUT2D eigenvalue weighted by atomic mass is 79.9. The van der Waals surface area contributed by atoms with E-state index in [1.54, 1.807) is 19.2 Å². The number of rotatable bonds is 6. The predicted octanol–water partition coefficient (Wildman–Crippen LogP) is 3.73. The van der Waals surface area contributed by atoms with Gasteiger partial charge in [0.1, 0.15) is 11.8 Å². The first kappa shape index (κ1) is 19.5. The van der Waals surface area contributed by atoms with Gasteiger partial charge < -0.3 is 14.8 Å². The second-order valence-electron chi connectivity index (χ2n) is 5.26. The van der Waals surface area contributed by atoms with Crippen LogP contribution in [0.3, 0.4) is 0 Å². The smallest absolute Gasteiger partial charge is 0.328 e. The molecule has 0 bridgehead atoms. The topological polar surface area (TPSA) is 64.6 Å². The Morgan fingerprint density at radius 1 is 1.08 bits per heavy atom. The minimum absolute atomic E-state index is 0.296. The van der Waals surface area contributed by atoms with Crippen molar-refractivity contribution in [3.8, 4) is 5.75 Å². The van der Waals surface area contributed by atoms with Crippen molar-refractivity contribution < 1.29 is 19.1 Å². The Bertz CT molecular complexity index is 759. The highest BCUT2D eigenvalue weighted by Crippen LogP contribution is 2.20. The average Bonchev–Trinajstić information content (AvgIpc) is 2.59. The van der Waals surface area contributed by atoms with E-state index >= 15 is 0 Å². The Morgan fingerprint density at radius 2 is 1.76 bits per heavy atom. The van der Waals surface area contributed by atoms with Crippen molar-refractivity contribution in [2.45, 2.75) is 12.5 Å². The molecule has 132 valence electrons. The van der Waals surface area contributed by atoms with Gasteiger partial charge in [-0.3, -0.25) is 4.79 Å². The largest absolute Gasteiger partial charge is 0.497 e. The lowest BCUT2D eigenvalue weighted by molar-refractivity contribution is -0.142. The number of ether oxygens (including phenoxy) is 2. The van der Waals surface area contributed by atoms with Gasteiger partial charge in [-0.05, 0) is 35.9 Å². The standard InChI is InChI=1S/C18H17Br2NO4/c1-24-15-5-3-4-11(6-15)7-16(18(23)25-2)21-17(22)12-8-13(19)10-14(20)9-12/h3-6,8-10,16H,7H2,1-2H3,(H,21,22)/t16-/m1/s1. The molecule has 0 aliphatic rings. The van der Waals surface area contributed by atoms with Crippen LogP contribution in [0.25, 0.3) is 0 Å². The zero-order valence-corrected chi connectivity index (χ0v) is 16.9. The third-order valence-corrected chi connectivity index (χ3v) is 4.41. The molecule has 5 nitrogen and oxygen atoms in total. The number of nitrogens with one attached hydrogen (secondary N) is 1. The molecule has 0 heterocycles. The third-order valence-electron chi connectivity index (χ3n) is 3.49. The monoisotopic (exact) mass is 469 g/mol. The van der Waals surface area contributed by atoms with E-state index in [9.17, 15) is 9.59 Å². The summed E-state index contributed by atoms with van der Waals surface area (Å²) < 4.78 is 11.5. The fraction of sp³-hybridized carbons (Fsp3) is 0.222. The zero-order valence-electron chi connectivity index (χ0n) is 13.7. The molecule has 0 spiro atoms. The van der Waals surface area contributed by atoms with Crippen LogP contribution in [0.4, 0.5) is 0 Å². The van der Waals surface area contributed by atoms with Crippen molar-refractivity contribution in [1.82, 2.24) is 5.32 Å². The Hall–Kier alpha value is -1.86. The number of methoxy groups -OCH3 is 2. The molecule has 2 aromatic carbocycles. The van der Waals surface area contributed by atoms with Crippen LogP contribution < -0.4 is 10.1 Å². The van der Waals surface area contributed by atoms with Gasteiger partial charge in [0.05, 0.1) is 14.2 Å². The molecule has 1 amide bonds. The average molecular weight is 471 g/mol. The van der Waals surface area contributed by atoms with Crippen molar-refractivity contribution in [1.29, 1.82) is 0 Å². The number of amides is 1. The first-order valence-corrected chi connectivity index (χ1v) is 8.99. The Balaban J connectivity index is 2.19. The summed E-state index contributed by atoms with van der Waals surface area (Å²) >= 11 is 6.69. The number of hydrogen-bond acceptors (Lipinski definition) is 4. The molecular weight excluding hydrogens is 454 g/mol. The van der Waals surface area contributed by atoms with E-state index in [4.69, 9.17) is 9.47 Å². The first-order chi connectivity index (χ1) is 11.9. The van der Waals surface area contributed by atoms with E-state index in [0.717, 1.165) is 14.5 Å². The highest BCUT2D eigenvalue weighted by Gasteiger charge is 2.23. The normalized spacial score (nSPS) is 11.5. The molecule has 0 saturated carbocycles. The summed E-state index contributed by atoms with van der Waals surface area (Å²) in [6.45, 7) is 0. The van der Waals surface area contributed by atoms with Crippen molar-refractivity contribution in [2.75, 3.05) is 14.2 Å². The quantitative estimate of drug-likeness (QED) is 0.653. The van der Waals surface area contributed by atoms with Gasteiger partial charge in [0.2, 0.25) is 0 Å². The number of halogens is 2. The third kappa shape index (κ3) is 5.57. The molecule has 0 aliphatic carbocycles. The van der Waals surface area contributed by atoms with E-state index in [-0.39, 0.29) is 5.91 Å². The Labute approximate surface area is 163 Å². The number of hydrogen-bond donors (Lipinski definition) is 1. The lowest BCUT2D eigenvalue weighted by Gasteiger charge is -2.17. The molecule has 0 saturated heterocycles. The lowest BCUT2D eigenvalue weighted by atomic mass is 10.0. The molecule has 1 N–H and O–H groups in total. The molecule has 7 heteroatoms. The molecule has 2 rings (SSSR count). The van der Waals surface area contributed by atoms with Gasteiger partial charge in [0.25, 0.3) is 5.91 Å². The highest BCUT2D eigenvalue weighted by molar-refractivity contribution is 9.11. The number of carbonyl (C=O) groups excluding carboxylic acids is 2. The van der Waals surface area contributed by atoms with E-state index in [0.29, 0.717) is 17.7 Å². The van der Waals surface area contributed by atoms with Crippen LogP contribution in [-0.4, -0.2) is 32.1 Å². The van der Waals surface area contributed by atoms with E-state index in [2.05, 4.69) is 37.2 Å². The lowest BCUT2D eigenvalue weighted by Crippen LogP contribution is -2.43. The zero-order chi connectivity index (χ0) is 18.4. The minimum atomic E-state index is -0.803. The number of benzene rings is 2. The van der Waals surface area contributed by atoms with Crippen LogP contribution in [0.1, 0.15) is 15.9 Å². The Morgan fingerprint density at radius 3 is 2.36 bits per heavy atom. The maximum atomic E-state index is 12.5. The van der Waals surface area contributed by atoms with E-state index < -0.39 is 12.0 Å². The molecule has 2 aromatic rings. The summed E-state index contributed by atoms with van der Waals surface area (Å²) in [5, 5.41) is 2.73. The van der Waals surface area contributed by atoms with E-state index in [1.165, 1.54) is 7.11 Å². The van der Waals surface area contributed by atoms with Crippen LogP contribution in [0.15, 0.2) is 51.4 Å². The first-order valence-electron chi connectivity index (χ1n) is 7.40. The van der Waals surface area contributed by atoms with Crippen molar-refractivity contribution >= 4 is 43.7 Å². The van der Waals surface area contributed by atoms with Gasteiger partial charge in [-0.2, -0.15) is 0 Å². The summed E-state index contributed by atoms with van der Waals surface area (Å²) in [4.78, 5) is 24.6. The van der Waals surface area contributed by atoms with Gasteiger partial charge in [0, 0.05) is 20.9 Å². The summed E-state index contributed by atoms with van der Waals surface area (Å²) in [6, 6.07) is 11.7. The second-order valence-corrected chi connectivity index (χ2v) is 7.09. The Kier molecular flexibility index (Phi) is 7.01. The van der Waals surface area contributed by atoms with Crippen LogP contribution in [0.2, 0.25) is 0 Å². The van der Waals surface area contributed by atoms with Gasteiger partial charge in [0.15, 0.2) is 0 Å². The number of carbonyl (C=O) groups is 2. The summed E-state index contributed by atoms with van der Waals surface area (Å²) in [6.07, 6.45) is 0.296. The van der Waals surface area contributed by atoms with Gasteiger partial charge >= 0.3 is 5.97 Å². The molecular formula is C18H17Br2NO4. The summed E-state index contributed by atoms with van der Waals surface area (Å²) in [5.41, 5.74) is 1.28. The molecule has 1 atom stereocenters. The van der Waals surface area contributed by atoms with Crippen molar-refractivity contribution in [3.63, 3.8) is 0 Å².